The van der Waals surface area contributed by atoms with E-state index in [0.717, 1.165) is 5.56 Å². The van der Waals surface area contributed by atoms with Gasteiger partial charge in [-0.05, 0) is 23.8 Å². The van der Waals surface area contributed by atoms with E-state index in [2.05, 4.69) is 18.7 Å². The van der Waals surface area contributed by atoms with Crippen LogP contribution in [0.25, 0.3) is 0 Å². The molecule has 0 spiro atoms. The zero-order valence-corrected chi connectivity index (χ0v) is 12.0. The minimum absolute atomic E-state index is 0.0819. The SMILES string of the molecule is C=CCOc1ccc(C(=O)c2cccc(C3C=C3)c2)c(O)c1. The van der Waals surface area contributed by atoms with Gasteiger partial charge in [0, 0.05) is 17.5 Å². The van der Waals surface area contributed by atoms with E-state index in [4.69, 9.17) is 4.74 Å². The molecule has 0 unspecified atom stereocenters. The van der Waals surface area contributed by atoms with Crippen LogP contribution in [0, 0.1) is 0 Å². The second-order valence-corrected chi connectivity index (χ2v) is 5.14. The highest BCUT2D eigenvalue weighted by Gasteiger charge is 2.18. The first-order valence-corrected chi connectivity index (χ1v) is 7.09. The van der Waals surface area contributed by atoms with Gasteiger partial charge in [0.15, 0.2) is 5.78 Å². The van der Waals surface area contributed by atoms with Crippen LogP contribution < -0.4 is 4.74 Å². The van der Waals surface area contributed by atoms with Crippen molar-refractivity contribution in [1.82, 2.24) is 0 Å². The van der Waals surface area contributed by atoms with Gasteiger partial charge in [0.05, 0.1) is 5.56 Å². The van der Waals surface area contributed by atoms with E-state index >= 15 is 0 Å². The maximum atomic E-state index is 12.6. The van der Waals surface area contributed by atoms with Crippen molar-refractivity contribution < 1.29 is 14.6 Å². The molecule has 0 atom stereocenters. The molecular weight excluding hydrogens is 276 g/mol. The highest BCUT2D eigenvalue weighted by molar-refractivity contribution is 6.10. The number of allylic oxidation sites excluding steroid dienone is 2. The number of carbonyl (C=O) groups excluding carboxylic acids is 1. The molecule has 0 fully saturated rings. The molecule has 3 heteroatoms. The Kier molecular flexibility index (Phi) is 3.79. The summed E-state index contributed by atoms with van der Waals surface area (Å²) >= 11 is 0. The summed E-state index contributed by atoms with van der Waals surface area (Å²) in [5.41, 5.74) is 1.93. The van der Waals surface area contributed by atoms with Gasteiger partial charge in [-0.2, -0.15) is 0 Å². The van der Waals surface area contributed by atoms with Crippen LogP contribution >= 0.6 is 0 Å². The molecular formula is C19H16O3. The van der Waals surface area contributed by atoms with Crippen LogP contribution in [0.4, 0.5) is 0 Å². The summed E-state index contributed by atoms with van der Waals surface area (Å²) in [4.78, 5) is 12.6. The Morgan fingerprint density at radius 3 is 2.73 bits per heavy atom. The molecule has 2 aromatic rings. The van der Waals surface area contributed by atoms with Gasteiger partial charge < -0.3 is 9.84 Å². The van der Waals surface area contributed by atoms with E-state index in [0.29, 0.717) is 23.8 Å². The fourth-order valence-corrected chi connectivity index (χ4v) is 2.27. The van der Waals surface area contributed by atoms with Crippen LogP contribution in [-0.4, -0.2) is 17.5 Å². The fraction of sp³-hybridized carbons (Fsp3) is 0.105. The maximum absolute atomic E-state index is 12.6. The van der Waals surface area contributed by atoms with Crippen molar-refractivity contribution >= 4 is 5.78 Å². The van der Waals surface area contributed by atoms with Crippen LogP contribution in [0.1, 0.15) is 27.4 Å². The molecule has 22 heavy (non-hydrogen) atoms. The summed E-state index contributed by atoms with van der Waals surface area (Å²) in [6.07, 6.45) is 5.77. The highest BCUT2D eigenvalue weighted by atomic mass is 16.5. The van der Waals surface area contributed by atoms with Gasteiger partial charge in [-0.1, -0.05) is 43.0 Å². The van der Waals surface area contributed by atoms with Crippen LogP contribution in [-0.2, 0) is 0 Å². The zero-order valence-electron chi connectivity index (χ0n) is 12.0. The Labute approximate surface area is 129 Å². The first-order chi connectivity index (χ1) is 10.7. The topological polar surface area (TPSA) is 46.5 Å². The molecule has 1 aliphatic carbocycles. The maximum Gasteiger partial charge on any atom is 0.196 e. The predicted molar refractivity (Wildman–Crippen MR) is 85.6 cm³/mol. The lowest BCUT2D eigenvalue weighted by molar-refractivity contribution is 0.103. The number of hydrogen-bond donors (Lipinski definition) is 1. The number of ketones is 1. The second kappa shape index (κ2) is 5.90. The van der Waals surface area contributed by atoms with Gasteiger partial charge in [-0.25, -0.2) is 0 Å². The number of phenolic OH excluding ortho intramolecular Hbond substituents is 1. The highest BCUT2D eigenvalue weighted by Crippen LogP contribution is 2.31. The molecule has 1 aliphatic rings. The summed E-state index contributed by atoms with van der Waals surface area (Å²) in [5.74, 6) is 0.567. The van der Waals surface area contributed by atoms with E-state index in [1.165, 1.54) is 6.07 Å². The van der Waals surface area contributed by atoms with Crippen molar-refractivity contribution in [2.75, 3.05) is 6.61 Å². The molecule has 1 N–H and O–H groups in total. The average Bonchev–Trinajstić information content (AvgIpc) is 3.37. The molecule has 0 saturated heterocycles. The lowest BCUT2D eigenvalue weighted by Gasteiger charge is -2.08. The Hall–Kier alpha value is -2.81. The van der Waals surface area contributed by atoms with Crippen molar-refractivity contribution in [2.45, 2.75) is 5.92 Å². The van der Waals surface area contributed by atoms with Gasteiger partial charge in [0.1, 0.15) is 18.1 Å². The van der Waals surface area contributed by atoms with E-state index in [1.54, 1.807) is 24.3 Å². The third-order valence-electron chi connectivity index (χ3n) is 3.50. The normalized spacial score (nSPS) is 12.9. The average molecular weight is 292 g/mol. The minimum Gasteiger partial charge on any atom is -0.507 e. The summed E-state index contributed by atoms with van der Waals surface area (Å²) < 4.78 is 5.34. The van der Waals surface area contributed by atoms with Crippen molar-refractivity contribution in [3.8, 4) is 11.5 Å². The molecule has 0 amide bonds. The lowest BCUT2D eigenvalue weighted by atomic mass is 9.98. The Balaban J connectivity index is 1.85. The summed E-state index contributed by atoms with van der Waals surface area (Å²) in [6.45, 7) is 3.91. The van der Waals surface area contributed by atoms with Crippen LogP contribution in [0.2, 0.25) is 0 Å². The van der Waals surface area contributed by atoms with E-state index < -0.39 is 0 Å². The third kappa shape index (κ3) is 2.93. The van der Waals surface area contributed by atoms with Crippen LogP contribution in [0.5, 0.6) is 11.5 Å². The first-order valence-electron chi connectivity index (χ1n) is 7.09. The predicted octanol–water partition coefficient (Wildman–Crippen LogP) is 3.84. The van der Waals surface area contributed by atoms with Gasteiger partial charge in [0.2, 0.25) is 0 Å². The molecule has 0 aromatic heterocycles. The minimum atomic E-state index is -0.199. The van der Waals surface area contributed by atoms with Crippen molar-refractivity contribution in [1.29, 1.82) is 0 Å². The molecule has 0 heterocycles. The van der Waals surface area contributed by atoms with E-state index in [9.17, 15) is 9.90 Å². The quantitative estimate of drug-likeness (QED) is 0.650. The Morgan fingerprint density at radius 1 is 1.23 bits per heavy atom. The summed E-state index contributed by atoms with van der Waals surface area (Å²) in [7, 11) is 0. The number of phenols is 1. The third-order valence-corrected chi connectivity index (χ3v) is 3.50. The molecule has 3 rings (SSSR count). The molecule has 0 saturated carbocycles. The number of benzene rings is 2. The number of hydrogen-bond acceptors (Lipinski definition) is 3. The zero-order chi connectivity index (χ0) is 15.5. The fourth-order valence-electron chi connectivity index (χ4n) is 2.27. The van der Waals surface area contributed by atoms with Gasteiger partial charge in [-0.15, -0.1) is 0 Å². The van der Waals surface area contributed by atoms with Gasteiger partial charge in [0.25, 0.3) is 0 Å². The molecule has 2 aromatic carbocycles. The largest absolute Gasteiger partial charge is 0.507 e. The van der Waals surface area contributed by atoms with Gasteiger partial charge in [-0.3, -0.25) is 4.79 Å². The summed E-state index contributed by atoms with van der Waals surface area (Å²) in [5, 5.41) is 10.1. The van der Waals surface area contributed by atoms with Crippen molar-refractivity contribution in [2.24, 2.45) is 0 Å². The number of rotatable bonds is 6. The van der Waals surface area contributed by atoms with E-state index in [-0.39, 0.29) is 17.1 Å². The van der Waals surface area contributed by atoms with Gasteiger partial charge >= 0.3 is 0 Å². The molecule has 0 bridgehead atoms. The number of aromatic hydroxyl groups is 1. The second-order valence-electron chi connectivity index (χ2n) is 5.14. The van der Waals surface area contributed by atoms with Crippen LogP contribution in [0.3, 0.4) is 0 Å². The lowest BCUT2D eigenvalue weighted by Crippen LogP contribution is -2.03. The molecule has 110 valence electrons. The number of ether oxygens (including phenoxy) is 1. The van der Waals surface area contributed by atoms with Crippen molar-refractivity contribution in [3.63, 3.8) is 0 Å². The first kappa shape index (κ1) is 14.1. The van der Waals surface area contributed by atoms with Crippen molar-refractivity contribution in [3.05, 3.63) is 84.0 Å². The molecule has 0 aliphatic heterocycles. The van der Waals surface area contributed by atoms with Crippen LogP contribution in [0.15, 0.2) is 67.3 Å². The van der Waals surface area contributed by atoms with E-state index in [1.807, 2.05) is 18.2 Å². The molecule has 0 radical (unpaired) electrons. The Morgan fingerprint density at radius 2 is 2.05 bits per heavy atom. The Bertz CT molecular complexity index is 753. The number of carbonyl (C=O) groups is 1. The monoisotopic (exact) mass is 292 g/mol. The standard InChI is InChI=1S/C19H16O3/c1-2-10-22-16-8-9-17(18(20)12-16)19(21)15-5-3-4-14(11-15)13-6-7-13/h2-9,11-13,20H,1,10H2. The smallest absolute Gasteiger partial charge is 0.196 e. The molecule has 3 nitrogen and oxygen atoms in total. The summed E-state index contributed by atoms with van der Waals surface area (Å²) in [6, 6.07) is 12.2.